The van der Waals surface area contributed by atoms with Crippen LogP contribution in [0.25, 0.3) is 0 Å². The molecule has 1 fully saturated rings. The maximum Gasteiger partial charge on any atom is 0.407 e. The van der Waals surface area contributed by atoms with Crippen molar-refractivity contribution < 1.29 is 18.3 Å². The standard InChI is InChI=1S/C25H39F2NO2/c1-3-4-5-6-7-8-9-10-13-20-16-17-21(24(27)23(20)26)18-19(2)30-25(29)28-22-14-11-12-15-22/h16-17,19,22H,3-15,18H2,1-2H3,(H,28,29). The number of amides is 1. The number of alkyl carbamates (subject to hydrolysis) is 1. The Morgan fingerprint density at radius 1 is 1.00 bits per heavy atom. The summed E-state index contributed by atoms with van der Waals surface area (Å²) >= 11 is 0. The molecule has 1 saturated carbocycles. The predicted octanol–water partition coefficient (Wildman–Crippen LogP) is 7.25. The Hall–Kier alpha value is -1.65. The number of carbonyl (C=O) groups excluding carboxylic acids is 1. The van der Waals surface area contributed by atoms with Gasteiger partial charge in [0.05, 0.1) is 0 Å². The molecule has 1 aromatic carbocycles. The third-order valence-electron chi connectivity index (χ3n) is 6.03. The van der Waals surface area contributed by atoms with Gasteiger partial charge in [-0.15, -0.1) is 0 Å². The summed E-state index contributed by atoms with van der Waals surface area (Å²) in [6.45, 7) is 3.92. The highest BCUT2D eigenvalue weighted by Crippen LogP contribution is 2.21. The Bertz CT molecular complexity index is 644. The maximum absolute atomic E-state index is 14.5. The van der Waals surface area contributed by atoms with Crippen LogP contribution in [0, 0.1) is 11.6 Å². The van der Waals surface area contributed by atoms with E-state index >= 15 is 0 Å². The van der Waals surface area contributed by atoms with E-state index in [1.807, 2.05) is 0 Å². The third-order valence-corrected chi connectivity index (χ3v) is 6.03. The van der Waals surface area contributed by atoms with E-state index in [4.69, 9.17) is 4.74 Å². The Morgan fingerprint density at radius 3 is 2.23 bits per heavy atom. The summed E-state index contributed by atoms with van der Waals surface area (Å²) < 4.78 is 34.3. The molecule has 1 unspecified atom stereocenters. The molecule has 170 valence electrons. The van der Waals surface area contributed by atoms with Gasteiger partial charge in [-0.25, -0.2) is 13.6 Å². The van der Waals surface area contributed by atoms with Crippen molar-refractivity contribution in [2.75, 3.05) is 0 Å². The van der Waals surface area contributed by atoms with E-state index < -0.39 is 23.8 Å². The number of nitrogens with one attached hydrogen (secondary N) is 1. The van der Waals surface area contributed by atoms with Gasteiger partial charge in [-0.1, -0.05) is 76.8 Å². The largest absolute Gasteiger partial charge is 0.446 e. The van der Waals surface area contributed by atoms with Gasteiger partial charge < -0.3 is 10.1 Å². The highest BCUT2D eigenvalue weighted by molar-refractivity contribution is 5.67. The summed E-state index contributed by atoms with van der Waals surface area (Å²) in [5.74, 6) is -1.56. The van der Waals surface area contributed by atoms with E-state index in [1.165, 1.54) is 32.1 Å². The van der Waals surface area contributed by atoms with Crippen LogP contribution in [-0.4, -0.2) is 18.2 Å². The number of rotatable bonds is 13. The number of hydrogen-bond donors (Lipinski definition) is 1. The molecule has 1 N–H and O–H groups in total. The average Bonchev–Trinajstić information content (AvgIpc) is 3.21. The molecule has 0 bridgehead atoms. The molecule has 0 radical (unpaired) electrons. The van der Waals surface area contributed by atoms with E-state index in [1.54, 1.807) is 19.1 Å². The fourth-order valence-electron chi connectivity index (χ4n) is 4.23. The smallest absolute Gasteiger partial charge is 0.407 e. The van der Waals surface area contributed by atoms with Crippen LogP contribution < -0.4 is 5.32 Å². The van der Waals surface area contributed by atoms with Gasteiger partial charge in [0.15, 0.2) is 11.6 Å². The summed E-state index contributed by atoms with van der Waals surface area (Å²) in [6, 6.07) is 3.49. The third kappa shape index (κ3) is 8.61. The van der Waals surface area contributed by atoms with Crippen molar-refractivity contribution in [3.8, 4) is 0 Å². The Balaban J connectivity index is 1.73. The maximum atomic E-state index is 14.5. The molecule has 1 aliphatic rings. The highest BCUT2D eigenvalue weighted by Gasteiger charge is 2.20. The van der Waals surface area contributed by atoms with Gasteiger partial charge in [-0.3, -0.25) is 0 Å². The number of hydrogen-bond acceptors (Lipinski definition) is 2. The Kier molecular flexibility index (Phi) is 11.2. The van der Waals surface area contributed by atoms with Gasteiger partial charge in [0.25, 0.3) is 0 Å². The van der Waals surface area contributed by atoms with Crippen molar-refractivity contribution in [1.82, 2.24) is 5.32 Å². The lowest BCUT2D eigenvalue weighted by atomic mass is 10.0. The number of carbonyl (C=O) groups is 1. The summed E-state index contributed by atoms with van der Waals surface area (Å²) in [5, 5.41) is 2.85. The monoisotopic (exact) mass is 423 g/mol. The summed E-state index contributed by atoms with van der Waals surface area (Å²) in [5.41, 5.74) is 0.697. The zero-order valence-electron chi connectivity index (χ0n) is 18.8. The molecule has 1 amide bonds. The molecule has 2 rings (SSSR count). The lowest BCUT2D eigenvalue weighted by Crippen LogP contribution is -2.35. The lowest BCUT2D eigenvalue weighted by molar-refractivity contribution is 0.103. The second-order valence-corrected chi connectivity index (χ2v) is 8.78. The van der Waals surface area contributed by atoms with E-state index in [0.29, 0.717) is 12.0 Å². The molecule has 0 aromatic heterocycles. The normalized spacial score (nSPS) is 15.3. The van der Waals surface area contributed by atoms with Crippen LogP contribution in [0.5, 0.6) is 0 Å². The SMILES string of the molecule is CCCCCCCCCCc1ccc(CC(C)OC(=O)NC2CCCC2)c(F)c1F. The molecule has 0 aliphatic heterocycles. The van der Waals surface area contributed by atoms with E-state index in [-0.39, 0.29) is 18.0 Å². The van der Waals surface area contributed by atoms with Crippen LogP contribution in [0.3, 0.4) is 0 Å². The first-order valence-corrected chi connectivity index (χ1v) is 11.9. The topological polar surface area (TPSA) is 38.3 Å². The van der Waals surface area contributed by atoms with E-state index in [9.17, 15) is 13.6 Å². The Labute approximate surface area is 181 Å². The number of unbranched alkanes of at least 4 members (excludes halogenated alkanes) is 7. The van der Waals surface area contributed by atoms with Crippen molar-refractivity contribution in [2.24, 2.45) is 0 Å². The minimum atomic E-state index is -0.807. The molecule has 1 aromatic rings. The number of aryl methyl sites for hydroxylation is 1. The summed E-state index contributed by atoms with van der Waals surface area (Å²) in [6.07, 6.45) is 13.4. The average molecular weight is 424 g/mol. The van der Waals surface area contributed by atoms with Crippen molar-refractivity contribution in [3.63, 3.8) is 0 Å². The van der Waals surface area contributed by atoms with Crippen molar-refractivity contribution >= 4 is 6.09 Å². The molecule has 5 heteroatoms. The van der Waals surface area contributed by atoms with Gasteiger partial charge in [0.2, 0.25) is 0 Å². The van der Waals surface area contributed by atoms with Crippen molar-refractivity contribution in [2.45, 2.75) is 116 Å². The minimum Gasteiger partial charge on any atom is -0.446 e. The number of ether oxygens (including phenoxy) is 1. The van der Waals surface area contributed by atoms with Crippen LogP contribution in [0.15, 0.2) is 12.1 Å². The lowest BCUT2D eigenvalue weighted by Gasteiger charge is -2.17. The van der Waals surface area contributed by atoms with E-state index in [0.717, 1.165) is 44.9 Å². The van der Waals surface area contributed by atoms with Crippen molar-refractivity contribution in [3.05, 3.63) is 34.9 Å². The molecule has 1 aliphatic carbocycles. The van der Waals surface area contributed by atoms with Gasteiger partial charge in [0, 0.05) is 12.5 Å². The number of halogens is 2. The molecule has 0 spiro atoms. The van der Waals surface area contributed by atoms with Gasteiger partial charge in [-0.05, 0) is 43.7 Å². The van der Waals surface area contributed by atoms with E-state index in [2.05, 4.69) is 12.2 Å². The predicted molar refractivity (Wildman–Crippen MR) is 118 cm³/mol. The minimum absolute atomic E-state index is 0.166. The van der Waals surface area contributed by atoms with Gasteiger partial charge in [-0.2, -0.15) is 0 Å². The first kappa shape index (κ1) is 24.6. The molecule has 3 nitrogen and oxygen atoms in total. The van der Waals surface area contributed by atoms with Crippen LogP contribution >= 0.6 is 0 Å². The molecule has 30 heavy (non-hydrogen) atoms. The quantitative estimate of drug-likeness (QED) is 0.339. The molecule has 0 saturated heterocycles. The molecule has 0 heterocycles. The Morgan fingerprint density at radius 2 is 1.57 bits per heavy atom. The zero-order valence-corrected chi connectivity index (χ0v) is 18.8. The molecular weight excluding hydrogens is 384 g/mol. The second-order valence-electron chi connectivity index (χ2n) is 8.78. The fraction of sp³-hybridized carbons (Fsp3) is 0.720. The molecule has 1 atom stereocenters. The zero-order chi connectivity index (χ0) is 21.8. The van der Waals surface area contributed by atoms with Gasteiger partial charge in [0.1, 0.15) is 6.10 Å². The van der Waals surface area contributed by atoms with Crippen molar-refractivity contribution in [1.29, 1.82) is 0 Å². The van der Waals surface area contributed by atoms with Crippen LogP contribution in [0.1, 0.15) is 102 Å². The summed E-state index contributed by atoms with van der Waals surface area (Å²) in [7, 11) is 0. The molecular formula is C25H39F2NO2. The first-order valence-electron chi connectivity index (χ1n) is 11.9. The first-order chi connectivity index (χ1) is 14.5. The van der Waals surface area contributed by atoms with Crippen LogP contribution in [-0.2, 0) is 17.6 Å². The second kappa shape index (κ2) is 13.6. The number of benzene rings is 1. The van der Waals surface area contributed by atoms with Crippen LogP contribution in [0.4, 0.5) is 13.6 Å². The highest BCUT2D eigenvalue weighted by atomic mass is 19.2. The summed E-state index contributed by atoms with van der Waals surface area (Å²) in [4.78, 5) is 11.9. The fourth-order valence-corrected chi connectivity index (χ4v) is 4.23. The van der Waals surface area contributed by atoms with Crippen LogP contribution in [0.2, 0.25) is 0 Å². The van der Waals surface area contributed by atoms with Gasteiger partial charge >= 0.3 is 6.09 Å².